The van der Waals surface area contributed by atoms with Crippen LogP contribution in [0.3, 0.4) is 0 Å². The summed E-state index contributed by atoms with van der Waals surface area (Å²) in [6.07, 6.45) is 0.814. The highest BCUT2D eigenvalue weighted by atomic mass is 16.4. The Morgan fingerprint density at radius 2 is 2.29 bits per heavy atom. The zero-order chi connectivity index (χ0) is 12.8. The van der Waals surface area contributed by atoms with Crippen LogP contribution in [0.4, 0.5) is 0 Å². The number of nitrogens with zero attached hydrogens (tertiary/aromatic N) is 1. The van der Waals surface area contributed by atoms with Crippen molar-refractivity contribution in [2.75, 3.05) is 26.2 Å². The molecule has 96 valence electrons. The molecule has 1 heterocycles. The zero-order valence-electron chi connectivity index (χ0n) is 9.73. The summed E-state index contributed by atoms with van der Waals surface area (Å²) in [5.41, 5.74) is 0. The lowest BCUT2D eigenvalue weighted by molar-refractivity contribution is -0.146. The number of piperazine rings is 1. The molecule has 0 radical (unpaired) electrons. The summed E-state index contributed by atoms with van der Waals surface area (Å²) >= 11 is 0. The first-order valence-corrected chi connectivity index (χ1v) is 5.54. The molecule has 1 unspecified atom stereocenters. The van der Waals surface area contributed by atoms with Crippen molar-refractivity contribution >= 4 is 17.8 Å². The average molecular weight is 243 g/mol. The van der Waals surface area contributed by atoms with Crippen molar-refractivity contribution in [3.8, 4) is 0 Å². The summed E-state index contributed by atoms with van der Waals surface area (Å²) in [7, 11) is 0. The van der Waals surface area contributed by atoms with E-state index in [1.54, 1.807) is 0 Å². The fraction of sp³-hybridized carbons (Fsp3) is 0.700. The predicted octanol–water partition coefficient (Wildman–Crippen LogP) is -1.60. The smallest absolute Gasteiger partial charge is 0.322 e. The molecule has 0 aromatic rings. The van der Waals surface area contributed by atoms with E-state index in [1.165, 1.54) is 4.90 Å². The topological polar surface area (TPSA) is 98.7 Å². The Kier molecular flexibility index (Phi) is 4.89. The lowest BCUT2D eigenvalue weighted by Gasteiger charge is -2.31. The van der Waals surface area contributed by atoms with Crippen LogP contribution in [0, 0.1) is 0 Å². The van der Waals surface area contributed by atoms with Gasteiger partial charge in [-0.2, -0.15) is 0 Å². The lowest BCUT2D eigenvalue weighted by atomic mass is 10.2. The van der Waals surface area contributed by atoms with Crippen molar-refractivity contribution in [3.05, 3.63) is 0 Å². The van der Waals surface area contributed by atoms with E-state index in [9.17, 15) is 14.4 Å². The second-order valence-electron chi connectivity index (χ2n) is 3.91. The maximum Gasteiger partial charge on any atom is 0.322 e. The summed E-state index contributed by atoms with van der Waals surface area (Å²) in [5.74, 6) is -1.55. The molecular formula is C10H17N3O4. The molecule has 7 nitrogen and oxygen atoms in total. The third-order valence-electron chi connectivity index (χ3n) is 2.48. The largest absolute Gasteiger partial charge is 0.480 e. The molecule has 17 heavy (non-hydrogen) atoms. The van der Waals surface area contributed by atoms with Gasteiger partial charge in [0.2, 0.25) is 11.8 Å². The van der Waals surface area contributed by atoms with Crippen molar-refractivity contribution in [2.45, 2.75) is 19.4 Å². The number of carbonyl (C=O) groups is 3. The Bertz CT molecular complexity index is 319. The van der Waals surface area contributed by atoms with Gasteiger partial charge in [-0.15, -0.1) is 0 Å². The molecule has 3 N–H and O–H groups in total. The normalized spacial score (nSPS) is 20.8. The molecule has 0 spiro atoms. The number of amides is 2. The van der Waals surface area contributed by atoms with Crippen LogP contribution in [-0.2, 0) is 14.4 Å². The highest BCUT2D eigenvalue weighted by molar-refractivity contribution is 5.85. The van der Waals surface area contributed by atoms with Crippen LogP contribution in [0.15, 0.2) is 0 Å². The minimum atomic E-state index is -1.03. The van der Waals surface area contributed by atoms with Crippen molar-refractivity contribution in [1.82, 2.24) is 15.5 Å². The highest BCUT2D eigenvalue weighted by Crippen LogP contribution is 2.03. The fourth-order valence-electron chi connectivity index (χ4n) is 1.60. The van der Waals surface area contributed by atoms with Gasteiger partial charge in [-0.05, 0) is 6.42 Å². The van der Waals surface area contributed by atoms with Gasteiger partial charge in [0.1, 0.15) is 6.04 Å². The Balaban J connectivity index is 2.54. The number of carboxylic acids is 1. The van der Waals surface area contributed by atoms with Gasteiger partial charge < -0.3 is 15.7 Å². The number of nitrogens with one attached hydrogen (secondary N) is 2. The standard InChI is InChI=1S/C10H17N3O4/c1-2-3-11-8(14)5-13-6-9(15)12-4-7(13)10(16)17/h7H,2-6H2,1H3,(H,11,14)(H,12,15)(H,16,17). The van der Waals surface area contributed by atoms with Gasteiger partial charge in [-0.1, -0.05) is 6.92 Å². The van der Waals surface area contributed by atoms with E-state index >= 15 is 0 Å². The van der Waals surface area contributed by atoms with E-state index in [0.29, 0.717) is 6.54 Å². The molecule has 1 saturated heterocycles. The molecule has 0 aromatic carbocycles. The summed E-state index contributed by atoms with van der Waals surface area (Å²) in [6, 6.07) is -0.833. The fourth-order valence-corrected chi connectivity index (χ4v) is 1.60. The third-order valence-corrected chi connectivity index (χ3v) is 2.48. The average Bonchev–Trinajstić information content (AvgIpc) is 2.26. The maximum atomic E-state index is 11.5. The summed E-state index contributed by atoms with van der Waals surface area (Å²) in [5, 5.41) is 14.1. The van der Waals surface area contributed by atoms with Gasteiger partial charge in [0.05, 0.1) is 13.1 Å². The van der Waals surface area contributed by atoms with Crippen LogP contribution in [0.1, 0.15) is 13.3 Å². The summed E-state index contributed by atoms with van der Waals surface area (Å²) in [4.78, 5) is 34.9. The van der Waals surface area contributed by atoms with E-state index < -0.39 is 12.0 Å². The van der Waals surface area contributed by atoms with Crippen LogP contribution in [0.2, 0.25) is 0 Å². The Labute approximate surface area is 99.2 Å². The van der Waals surface area contributed by atoms with E-state index in [1.807, 2.05) is 6.92 Å². The maximum absolute atomic E-state index is 11.5. The first-order chi connectivity index (χ1) is 8.04. The Morgan fingerprint density at radius 1 is 1.59 bits per heavy atom. The van der Waals surface area contributed by atoms with Gasteiger partial charge in [0.25, 0.3) is 0 Å². The summed E-state index contributed by atoms with van der Waals surface area (Å²) in [6.45, 7) is 2.39. The van der Waals surface area contributed by atoms with Crippen LogP contribution in [0.5, 0.6) is 0 Å². The predicted molar refractivity (Wildman–Crippen MR) is 59.3 cm³/mol. The van der Waals surface area contributed by atoms with Gasteiger partial charge in [0, 0.05) is 13.1 Å². The van der Waals surface area contributed by atoms with E-state index in [4.69, 9.17) is 5.11 Å². The Hall–Kier alpha value is -1.63. The molecule has 1 aliphatic heterocycles. The second kappa shape index (κ2) is 6.19. The number of carbonyl (C=O) groups excluding carboxylic acids is 2. The van der Waals surface area contributed by atoms with Gasteiger partial charge in [-0.25, -0.2) is 0 Å². The second-order valence-corrected chi connectivity index (χ2v) is 3.91. The first kappa shape index (κ1) is 13.4. The molecule has 0 aliphatic carbocycles. The molecule has 1 rings (SSSR count). The van der Waals surface area contributed by atoms with E-state index in [2.05, 4.69) is 10.6 Å². The minimum Gasteiger partial charge on any atom is -0.480 e. The third kappa shape index (κ3) is 4.03. The zero-order valence-corrected chi connectivity index (χ0v) is 9.73. The van der Waals surface area contributed by atoms with Crippen LogP contribution >= 0.6 is 0 Å². The molecule has 2 amide bonds. The van der Waals surface area contributed by atoms with Crippen molar-refractivity contribution in [1.29, 1.82) is 0 Å². The summed E-state index contributed by atoms with van der Waals surface area (Å²) < 4.78 is 0. The van der Waals surface area contributed by atoms with Crippen molar-refractivity contribution < 1.29 is 19.5 Å². The molecular weight excluding hydrogens is 226 g/mol. The van der Waals surface area contributed by atoms with E-state index in [-0.39, 0.29) is 31.4 Å². The van der Waals surface area contributed by atoms with Gasteiger partial charge in [-0.3, -0.25) is 19.3 Å². The quantitative estimate of drug-likeness (QED) is 0.540. The lowest BCUT2D eigenvalue weighted by Crippen LogP contribution is -2.59. The molecule has 1 atom stereocenters. The number of rotatable bonds is 5. The molecule has 0 saturated carbocycles. The first-order valence-electron chi connectivity index (χ1n) is 5.54. The number of hydrogen-bond donors (Lipinski definition) is 3. The van der Waals surface area contributed by atoms with Crippen LogP contribution < -0.4 is 10.6 Å². The number of carboxylic acid groups (broad SMARTS) is 1. The Morgan fingerprint density at radius 3 is 2.88 bits per heavy atom. The van der Waals surface area contributed by atoms with Crippen molar-refractivity contribution in [2.24, 2.45) is 0 Å². The highest BCUT2D eigenvalue weighted by Gasteiger charge is 2.32. The van der Waals surface area contributed by atoms with Gasteiger partial charge in [0.15, 0.2) is 0 Å². The number of hydrogen-bond acceptors (Lipinski definition) is 4. The van der Waals surface area contributed by atoms with Crippen molar-refractivity contribution in [3.63, 3.8) is 0 Å². The van der Waals surface area contributed by atoms with Crippen LogP contribution in [-0.4, -0.2) is 60.0 Å². The molecule has 7 heteroatoms. The minimum absolute atomic E-state index is 0.0369. The monoisotopic (exact) mass is 243 g/mol. The SMILES string of the molecule is CCCNC(=O)CN1CC(=O)NCC1C(=O)O. The van der Waals surface area contributed by atoms with E-state index in [0.717, 1.165) is 6.42 Å². The van der Waals surface area contributed by atoms with Gasteiger partial charge >= 0.3 is 5.97 Å². The number of aliphatic carboxylic acids is 1. The molecule has 0 aromatic heterocycles. The molecule has 1 aliphatic rings. The molecule has 1 fully saturated rings. The van der Waals surface area contributed by atoms with Crippen LogP contribution in [0.25, 0.3) is 0 Å². The molecule has 0 bridgehead atoms.